The number of benzene rings is 1. The lowest BCUT2D eigenvalue weighted by Crippen LogP contribution is -2.37. The fraction of sp³-hybridized carbons (Fsp3) is 0.300. The van der Waals surface area contributed by atoms with Crippen molar-refractivity contribution in [2.75, 3.05) is 0 Å². The van der Waals surface area contributed by atoms with E-state index in [1.165, 1.54) is 16.8 Å². The third-order valence-corrected chi connectivity index (χ3v) is 4.36. The van der Waals surface area contributed by atoms with Gasteiger partial charge >= 0.3 is 0 Å². The van der Waals surface area contributed by atoms with Crippen LogP contribution in [-0.4, -0.2) is 21.7 Å². The number of carbonyl (C=O) groups is 1. The van der Waals surface area contributed by atoms with Crippen LogP contribution in [0.4, 0.5) is 4.39 Å². The van der Waals surface area contributed by atoms with Crippen LogP contribution in [-0.2, 0) is 0 Å². The number of rotatable bonds is 5. The highest BCUT2D eigenvalue weighted by Gasteiger charge is 2.21. The van der Waals surface area contributed by atoms with Gasteiger partial charge in [0, 0.05) is 12.1 Å². The first-order valence-electron chi connectivity index (χ1n) is 8.59. The number of hydrogen-bond acceptors (Lipinski definition) is 3. The normalized spacial score (nSPS) is 12.4. The fourth-order valence-electron chi connectivity index (χ4n) is 2.46. The highest BCUT2D eigenvalue weighted by molar-refractivity contribution is 5.94. The number of furan rings is 1. The molecule has 5 nitrogen and oxygen atoms in total. The number of aryl methyl sites for hydroxylation is 1. The van der Waals surface area contributed by atoms with Crippen molar-refractivity contribution in [2.24, 2.45) is 5.92 Å². The number of amides is 1. The third-order valence-electron chi connectivity index (χ3n) is 4.36. The molecule has 1 amide bonds. The molecule has 3 aromatic rings. The third kappa shape index (κ3) is 3.69. The summed E-state index contributed by atoms with van der Waals surface area (Å²) < 4.78 is 20.4. The molecule has 26 heavy (non-hydrogen) atoms. The highest BCUT2D eigenvalue weighted by Crippen LogP contribution is 2.24. The summed E-state index contributed by atoms with van der Waals surface area (Å²) in [6.45, 7) is 7.88. The van der Waals surface area contributed by atoms with E-state index in [9.17, 15) is 9.18 Å². The molecule has 2 aromatic heterocycles. The van der Waals surface area contributed by atoms with Crippen molar-refractivity contribution in [3.8, 4) is 17.1 Å². The predicted molar refractivity (Wildman–Crippen MR) is 97.7 cm³/mol. The lowest BCUT2D eigenvalue weighted by molar-refractivity contribution is 0.0922. The van der Waals surface area contributed by atoms with Crippen molar-refractivity contribution in [3.05, 3.63) is 59.7 Å². The minimum Gasteiger partial charge on any atom is -0.460 e. The van der Waals surface area contributed by atoms with Crippen molar-refractivity contribution >= 4 is 5.91 Å². The Morgan fingerprint density at radius 1 is 1.15 bits per heavy atom. The maximum Gasteiger partial charge on any atom is 0.270 e. The van der Waals surface area contributed by atoms with Gasteiger partial charge in [-0.1, -0.05) is 13.8 Å². The topological polar surface area (TPSA) is 60.1 Å². The van der Waals surface area contributed by atoms with Gasteiger partial charge in [0.15, 0.2) is 5.76 Å². The minimum atomic E-state index is -0.345. The van der Waals surface area contributed by atoms with Gasteiger partial charge in [0.05, 0.1) is 5.69 Å². The van der Waals surface area contributed by atoms with Gasteiger partial charge in [-0.05, 0) is 56.2 Å². The molecule has 0 saturated carbocycles. The van der Waals surface area contributed by atoms with Crippen molar-refractivity contribution in [1.29, 1.82) is 0 Å². The molecular weight excluding hydrogens is 333 g/mol. The van der Waals surface area contributed by atoms with Gasteiger partial charge in [-0.2, -0.15) is 5.10 Å². The molecule has 0 aliphatic heterocycles. The predicted octanol–water partition coefficient (Wildman–Crippen LogP) is 4.35. The van der Waals surface area contributed by atoms with Gasteiger partial charge in [-0.25, -0.2) is 9.07 Å². The van der Waals surface area contributed by atoms with E-state index in [-0.39, 0.29) is 17.8 Å². The Morgan fingerprint density at radius 2 is 1.85 bits per heavy atom. The number of nitrogens with one attached hydrogen (secondary N) is 1. The van der Waals surface area contributed by atoms with Crippen LogP contribution in [0.2, 0.25) is 0 Å². The summed E-state index contributed by atoms with van der Waals surface area (Å²) in [4.78, 5) is 12.8. The molecule has 1 unspecified atom stereocenters. The lowest BCUT2D eigenvalue weighted by atomic mass is 10.1. The average Bonchev–Trinajstić information content (AvgIpc) is 3.21. The van der Waals surface area contributed by atoms with E-state index in [1.807, 2.05) is 39.8 Å². The van der Waals surface area contributed by atoms with E-state index in [2.05, 4.69) is 10.4 Å². The standard InChI is InChI=1S/C20H22FN3O2/c1-12(2)14(4)22-20(25)18-11-17(19-10-5-13(3)26-19)23-24(18)16-8-6-15(21)7-9-16/h5-12,14H,1-4H3,(H,22,25). The molecule has 0 radical (unpaired) electrons. The van der Waals surface area contributed by atoms with Crippen LogP contribution in [0.3, 0.4) is 0 Å². The summed E-state index contributed by atoms with van der Waals surface area (Å²) >= 11 is 0. The second kappa shape index (κ2) is 7.15. The van der Waals surface area contributed by atoms with Crippen LogP contribution >= 0.6 is 0 Å². The molecular formula is C20H22FN3O2. The van der Waals surface area contributed by atoms with Gasteiger partial charge in [-0.15, -0.1) is 0 Å². The summed E-state index contributed by atoms with van der Waals surface area (Å²) in [7, 11) is 0. The summed E-state index contributed by atoms with van der Waals surface area (Å²) in [6.07, 6.45) is 0. The van der Waals surface area contributed by atoms with Crippen molar-refractivity contribution in [1.82, 2.24) is 15.1 Å². The molecule has 0 bridgehead atoms. The zero-order valence-corrected chi connectivity index (χ0v) is 15.3. The van der Waals surface area contributed by atoms with Crippen LogP contribution in [0.5, 0.6) is 0 Å². The quantitative estimate of drug-likeness (QED) is 0.740. The summed E-state index contributed by atoms with van der Waals surface area (Å²) in [5.74, 6) is 1.05. The molecule has 0 aliphatic rings. The first kappa shape index (κ1) is 17.9. The van der Waals surface area contributed by atoms with Crippen LogP contribution in [0, 0.1) is 18.7 Å². The first-order chi connectivity index (χ1) is 12.3. The molecule has 136 valence electrons. The van der Waals surface area contributed by atoms with Crippen LogP contribution in [0.1, 0.15) is 37.0 Å². The van der Waals surface area contributed by atoms with E-state index in [0.29, 0.717) is 28.8 Å². The van der Waals surface area contributed by atoms with Gasteiger partial charge in [0.1, 0.15) is 23.0 Å². The Labute approximate surface area is 151 Å². The summed E-state index contributed by atoms with van der Waals surface area (Å²) in [6, 6.07) is 11.2. The Kier molecular flexibility index (Phi) is 4.93. The van der Waals surface area contributed by atoms with Gasteiger partial charge in [-0.3, -0.25) is 4.79 Å². The first-order valence-corrected chi connectivity index (χ1v) is 8.59. The molecule has 1 atom stereocenters. The zero-order valence-electron chi connectivity index (χ0n) is 15.3. The summed E-state index contributed by atoms with van der Waals surface area (Å²) in [5, 5.41) is 7.49. The Bertz CT molecular complexity index is 910. The minimum absolute atomic E-state index is 0.00775. The molecule has 0 saturated heterocycles. The number of carbonyl (C=O) groups excluding carboxylic acids is 1. The molecule has 6 heteroatoms. The number of aromatic nitrogens is 2. The smallest absolute Gasteiger partial charge is 0.270 e. The molecule has 2 heterocycles. The van der Waals surface area contributed by atoms with Crippen LogP contribution in [0.25, 0.3) is 17.1 Å². The molecule has 0 fully saturated rings. The summed E-state index contributed by atoms with van der Waals surface area (Å²) in [5.41, 5.74) is 1.52. The highest BCUT2D eigenvalue weighted by atomic mass is 19.1. The average molecular weight is 355 g/mol. The van der Waals surface area contributed by atoms with E-state index in [1.54, 1.807) is 18.2 Å². The number of hydrogen-bond donors (Lipinski definition) is 1. The van der Waals surface area contributed by atoms with Crippen molar-refractivity contribution in [2.45, 2.75) is 33.7 Å². The second-order valence-corrected chi connectivity index (χ2v) is 6.72. The number of nitrogens with zero attached hydrogens (tertiary/aromatic N) is 2. The molecule has 1 aromatic carbocycles. The van der Waals surface area contributed by atoms with E-state index in [4.69, 9.17) is 4.42 Å². The van der Waals surface area contributed by atoms with Gasteiger partial charge in [0.2, 0.25) is 0 Å². The Hall–Kier alpha value is -2.89. The van der Waals surface area contributed by atoms with E-state index < -0.39 is 0 Å². The maximum atomic E-state index is 13.3. The maximum absolute atomic E-state index is 13.3. The van der Waals surface area contributed by atoms with Crippen molar-refractivity contribution in [3.63, 3.8) is 0 Å². The van der Waals surface area contributed by atoms with Crippen LogP contribution < -0.4 is 5.32 Å². The van der Waals surface area contributed by atoms with Gasteiger partial charge < -0.3 is 9.73 Å². The van der Waals surface area contributed by atoms with Crippen molar-refractivity contribution < 1.29 is 13.6 Å². The zero-order chi connectivity index (χ0) is 18.8. The largest absolute Gasteiger partial charge is 0.460 e. The lowest BCUT2D eigenvalue weighted by Gasteiger charge is -2.17. The molecule has 0 aliphatic carbocycles. The Balaban J connectivity index is 2.04. The van der Waals surface area contributed by atoms with E-state index >= 15 is 0 Å². The van der Waals surface area contributed by atoms with E-state index in [0.717, 1.165) is 5.76 Å². The molecule has 0 spiro atoms. The van der Waals surface area contributed by atoms with Crippen LogP contribution in [0.15, 0.2) is 46.9 Å². The number of halogens is 1. The van der Waals surface area contributed by atoms with Gasteiger partial charge in [0.25, 0.3) is 5.91 Å². The molecule has 3 rings (SSSR count). The monoisotopic (exact) mass is 355 g/mol. The Morgan fingerprint density at radius 3 is 2.42 bits per heavy atom. The molecule has 1 N–H and O–H groups in total. The fourth-order valence-corrected chi connectivity index (χ4v) is 2.46. The second-order valence-electron chi connectivity index (χ2n) is 6.72. The SMILES string of the molecule is Cc1ccc(-c2cc(C(=O)NC(C)C(C)C)n(-c3ccc(F)cc3)n2)o1.